The van der Waals surface area contributed by atoms with Crippen molar-refractivity contribution >= 4 is 5.91 Å². The molecule has 0 spiro atoms. The Balaban J connectivity index is 1.75. The molecule has 0 aromatic carbocycles. The molecule has 2 rings (SSSR count). The second-order valence-corrected chi connectivity index (χ2v) is 6.02. The molecule has 0 radical (unpaired) electrons. The first-order valence-electron chi connectivity index (χ1n) is 7.54. The minimum Gasteiger partial charge on any atom is -0.354 e. The van der Waals surface area contributed by atoms with Gasteiger partial charge in [0.05, 0.1) is 6.54 Å². The Morgan fingerprint density at radius 3 is 2.85 bits per heavy atom. The van der Waals surface area contributed by atoms with Crippen LogP contribution < -0.4 is 10.6 Å². The van der Waals surface area contributed by atoms with Gasteiger partial charge in [0.25, 0.3) is 0 Å². The summed E-state index contributed by atoms with van der Waals surface area (Å²) in [6.45, 7) is 6.43. The summed E-state index contributed by atoms with van der Waals surface area (Å²) in [4.78, 5) is 16.0. The Bertz CT molecular complexity index is 415. The number of carbonyl (C=O) groups excluding carboxylic acids is 1. The van der Waals surface area contributed by atoms with Gasteiger partial charge < -0.3 is 10.6 Å². The maximum Gasteiger partial charge on any atom is 0.233 e. The van der Waals surface area contributed by atoms with Gasteiger partial charge in [0.1, 0.15) is 0 Å². The Morgan fingerprint density at radius 2 is 2.25 bits per heavy atom. The first kappa shape index (κ1) is 15.0. The van der Waals surface area contributed by atoms with Gasteiger partial charge >= 0.3 is 0 Å². The zero-order chi connectivity index (χ0) is 14.4. The summed E-state index contributed by atoms with van der Waals surface area (Å²) in [6, 6.07) is 4.03. The number of amides is 1. The summed E-state index contributed by atoms with van der Waals surface area (Å²) in [6.07, 6.45) is 6.29. The molecule has 1 fully saturated rings. The van der Waals surface area contributed by atoms with Crippen molar-refractivity contribution in [3.8, 4) is 0 Å². The molecule has 20 heavy (non-hydrogen) atoms. The average molecular weight is 275 g/mol. The molecule has 4 nitrogen and oxygen atoms in total. The molecule has 0 bridgehead atoms. The largest absolute Gasteiger partial charge is 0.354 e. The van der Waals surface area contributed by atoms with E-state index in [-0.39, 0.29) is 5.91 Å². The molecule has 1 atom stereocenters. The maximum atomic E-state index is 11.8. The fraction of sp³-hybridized carbons (Fsp3) is 0.625. The summed E-state index contributed by atoms with van der Waals surface area (Å²) >= 11 is 0. The standard InChI is InChI=1S/C16H25N3O/c1-12(2)15(14-4-3-7-17-9-14)10-19-16(20)11-18-8-13-5-6-13/h3-4,7,9,12-13,15,18H,5-6,8,10-11H2,1-2H3,(H,19,20). The molecule has 1 aliphatic carbocycles. The first-order valence-corrected chi connectivity index (χ1v) is 7.54. The minimum absolute atomic E-state index is 0.0835. The third-order valence-corrected chi connectivity index (χ3v) is 3.85. The smallest absolute Gasteiger partial charge is 0.233 e. The SMILES string of the molecule is CC(C)C(CNC(=O)CNCC1CC1)c1cccnc1. The first-order chi connectivity index (χ1) is 9.66. The van der Waals surface area contributed by atoms with E-state index in [0.29, 0.717) is 24.9 Å². The van der Waals surface area contributed by atoms with Crippen molar-refractivity contribution in [2.75, 3.05) is 19.6 Å². The number of hydrogen-bond acceptors (Lipinski definition) is 3. The van der Waals surface area contributed by atoms with E-state index in [4.69, 9.17) is 0 Å². The Labute approximate surface area is 121 Å². The molecule has 2 N–H and O–H groups in total. The van der Waals surface area contributed by atoms with Crippen molar-refractivity contribution in [3.63, 3.8) is 0 Å². The average Bonchev–Trinajstić information content (AvgIpc) is 3.24. The molecular weight excluding hydrogens is 250 g/mol. The van der Waals surface area contributed by atoms with Gasteiger partial charge in [-0.15, -0.1) is 0 Å². The van der Waals surface area contributed by atoms with E-state index in [2.05, 4.69) is 35.5 Å². The molecule has 110 valence electrons. The van der Waals surface area contributed by atoms with E-state index in [1.165, 1.54) is 18.4 Å². The number of aromatic nitrogens is 1. The third kappa shape index (κ3) is 4.93. The van der Waals surface area contributed by atoms with Crippen LogP contribution in [0.5, 0.6) is 0 Å². The van der Waals surface area contributed by atoms with Gasteiger partial charge in [0.2, 0.25) is 5.91 Å². The van der Waals surface area contributed by atoms with E-state index in [1.54, 1.807) is 6.20 Å². The van der Waals surface area contributed by atoms with Crippen LogP contribution in [-0.4, -0.2) is 30.5 Å². The molecule has 1 amide bonds. The monoisotopic (exact) mass is 275 g/mol. The quantitative estimate of drug-likeness (QED) is 0.762. The van der Waals surface area contributed by atoms with Crippen LogP contribution in [0, 0.1) is 11.8 Å². The Morgan fingerprint density at radius 1 is 1.45 bits per heavy atom. The second kappa shape index (κ2) is 7.39. The minimum atomic E-state index is 0.0835. The molecule has 1 saturated carbocycles. The van der Waals surface area contributed by atoms with Crippen molar-refractivity contribution in [1.29, 1.82) is 0 Å². The maximum absolute atomic E-state index is 11.8. The van der Waals surface area contributed by atoms with Crippen LogP contribution in [0.2, 0.25) is 0 Å². The van der Waals surface area contributed by atoms with E-state index < -0.39 is 0 Å². The molecule has 1 aromatic rings. The zero-order valence-electron chi connectivity index (χ0n) is 12.4. The highest BCUT2D eigenvalue weighted by atomic mass is 16.1. The van der Waals surface area contributed by atoms with Crippen LogP contribution in [0.4, 0.5) is 0 Å². The lowest BCUT2D eigenvalue weighted by Gasteiger charge is -2.21. The lowest BCUT2D eigenvalue weighted by Crippen LogP contribution is -2.37. The van der Waals surface area contributed by atoms with Gasteiger partial charge in [-0.05, 0) is 42.9 Å². The normalized spacial score (nSPS) is 16.1. The number of rotatable bonds is 8. The van der Waals surface area contributed by atoms with Crippen molar-refractivity contribution in [3.05, 3.63) is 30.1 Å². The number of carbonyl (C=O) groups is 1. The molecule has 1 unspecified atom stereocenters. The van der Waals surface area contributed by atoms with Crippen molar-refractivity contribution in [1.82, 2.24) is 15.6 Å². The number of pyridine rings is 1. The van der Waals surface area contributed by atoms with Gasteiger partial charge in [-0.3, -0.25) is 9.78 Å². The van der Waals surface area contributed by atoms with E-state index in [1.807, 2.05) is 12.3 Å². The summed E-state index contributed by atoms with van der Waals surface area (Å²) in [7, 11) is 0. The van der Waals surface area contributed by atoms with E-state index >= 15 is 0 Å². The van der Waals surface area contributed by atoms with Crippen LogP contribution >= 0.6 is 0 Å². The van der Waals surface area contributed by atoms with Gasteiger partial charge in [0, 0.05) is 24.9 Å². The summed E-state index contributed by atoms with van der Waals surface area (Å²) in [5.41, 5.74) is 1.19. The molecule has 1 heterocycles. The highest BCUT2D eigenvalue weighted by Crippen LogP contribution is 2.27. The highest BCUT2D eigenvalue weighted by molar-refractivity contribution is 5.78. The van der Waals surface area contributed by atoms with Crippen molar-refractivity contribution < 1.29 is 4.79 Å². The van der Waals surface area contributed by atoms with Crippen LogP contribution in [0.1, 0.15) is 38.2 Å². The topological polar surface area (TPSA) is 54.0 Å². The number of nitrogens with zero attached hydrogens (tertiary/aromatic N) is 1. The second-order valence-electron chi connectivity index (χ2n) is 6.02. The Kier molecular flexibility index (Phi) is 5.53. The van der Waals surface area contributed by atoms with Crippen LogP contribution in [0.15, 0.2) is 24.5 Å². The summed E-state index contributed by atoms with van der Waals surface area (Å²) in [5.74, 6) is 1.68. The summed E-state index contributed by atoms with van der Waals surface area (Å²) in [5, 5.41) is 6.24. The van der Waals surface area contributed by atoms with Crippen molar-refractivity contribution in [2.45, 2.75) is 32.6 Å². The Hall–Kier alpha value is -1.42. The lowest BCUT2D eigenvalue weighted by molar-refractivity contribution is -0.120. The molecule has 4 heteroatoms. The predicted molar refractivity (Wildman–Crippen MR) is 80.4 cm³/mol. The zero-order valence-corrected chi connectivity index (χ0v) is 12.4. The van der Waals surface area contributed by atoms with E-state index in [0.717, 1.165) is 12.5 Å². The molecule has 1 aliphatic rings. The fourth-order valence-corrected chi connectivity index (χ4v) is 2.33. The highest BCUT2D eigenvalue weighted by Gasteiger charge is 2.21. The van der Waals surface area contributed by atoms with Gasteiger partial charge in [0.15, 0.2) is 0 Å². The van der Waals surface area contributed by atoms with Gasteiger partial charge in [-0.25, -0.2) is 0 Å². The van der Waals surface area contributed by atoms with Crippen molar-refractivity contribution in [2.24, 2.45) is 11.8 Å². The number of hydrogen-bond donors (Lipinski definition) is 2. The fourth-order valence-electron chi connectivity index (χ4n) is 2.33. The van der Waals surface area contributed by atoms with Crippen LogP contribution in [0.3, 0.4) is 0 Å². The third-order valence-electron chi connectivity index (χ3n) is 3.85. The lowest BCUT2D eigenvalue weighted by atomic mass is 9.89. The van der Waals surface area contributed by atoms with Gasteiger partial charge in [-0.1, -0.05) is 19.9 Å². The molecule has 0 saturated heterocycles. The van der Waals surface area contributed by atoms with Gasteiger partial charge in [-0.2, -0.15) is 0 Å². The molecule has 0 aliphatic heterocycles. The van der Waals surface area contributed by atoms with Crippen LogP contribution in [-0.2, 0) is 4.79 Å². The van der Waals surface area contributed by atoms with E-state index in [9.17, 15) is 4.79 Å². The van der Waals surface area contributed by atoms with Crippen LogP contribution in [0.25, 0.3) is 0 Å². The number of nitrogens with one attached hydrogen (secondary N) is 2. The summed E-state index contributed by atoms with van der Waals surface area (Å²) < 4.78 is 0. The predicted octanol–water partition coefficient (Wildman–Crippen LogP) is 1.94. The molecular formula is C16H25N3O. The molecule has 1 aromatic heterocycles.